The fourth-order valence-electron chi connectivity index (χ4n) is 7.53. The van der Waals surface area contributed by atoms with E-state index in [4.69, 9.17) is 4.74 Å². The predicted octanol–water partition coefficient (Wildman–Crippen LogP) is 12.2. The van der Waals surface area contributed by atoms with Gasteiger partial charge in [-0.3, -0.25) is 0 Å². The summed E-state index contributed by atoms with van der Waals surface area (Å²) in [7, 11) is 0. The molecule has 0 amide bonds. The van der Waals surface area contributed by atoms with Crippen LogP contribution >= 0.6 is 0 Å². The lowest BCUT2D eigenvalue weighted by molar-refractivity contribution is 0.487. The Balaban J connectivity index is 1.18. The molecule has 0 saturated heterocycles. The van der Waals surface area contributed by atoms with Crippen LogP contribution in [0.4, 0.5) is 0 Å². The molecule has 1 aliphatic heterocycles. The first kappa shape index (κ1) is 25.2. The average Bonchev–Trinajstić information content (AvgIpc) is 3.44. The van der Waals surface area contributed by atoms with E-state index in [9.17, 15) is 0 Å². The lowest BCUT2D eigenvalue weighted by Gasteiger charge is -2.23. The van der Waals surface area contributed by atoms with Gasteiger partial charge in [0.15, 0.2) is 0 Å². The van der Waals surface area contributed by atoms with Crippen molar-refractivity contribution in [1.82, 2.24) is 4.57 Å². The van der Waals surface area contributed by atoms with Crippen LogP contribution < -0.4 is 4.74 Å². The fraction of sp³-hybridized carbons (Fsp3) is 0. The molecule has 0 unspecified atom stereocenters. The van der Waals surface area contributed by atoms with E-state index in [1.165, 1.54) is 71.2 Å². The zero-order valence-corrected chi connectivity index (χ0v) is 24.9. The Labute approximate surface area is 266 Å². The second-order valence-corrected chi connectivity index (χ2v) is 12.1. The first-order valence-corrected chi connectivity index (χ1v) is 15.8. The highest BCUT2D eigenvalue weighted by molar-refractivity contribution is 6.14. The highest BCUT2D eigenvalue weighted by atomic mass is 16.5. The van der Waals surface area contributed by atoms with Crippen LogP contribution in [0.5, 0.6) is 11.5 Å². The zero-order chi connectivity index (χ0) is 30.2. The number of hydrogen-bond acceptors (Lipinski definition) is 1. The van der Waals surface area contributed by atoms with Crippen molar-refractivity contribution in [2.24, 2.45) is 0 Å². The molecule has 8 aromatic carbocycles. The Morgan fingerprint density at radius 3 is 1.98 bits per heavy atom. The minimum atomic E-state index is 0.908. The molecule has 9 aromatic rings. The number of para-hydroxylation sites is 2. The van der Waals surface area contributed by atoms with E-state index in [1.54, 1.807) is 0 Å². The largest absolute Gasteiger partial charge is 0.456 e. The van der Waals surface area contributed by atoms with E-state index < -0.39 is 0 Å². The van der Waals surface area contributed by atoms with Gasteiger partial charge in [-0.25, -0.2) is 0 Å². The fourth-order valence-corrected chi connectivity index (χ4v) is 7.53. The van der Waals surface area contributed by atoms with Gasteiger partial charge in [0.25, 0.3) is 0 Å². The van der Waals surface area contributed by atoms with E-state index in [-0.39, 0.29) is 0 Å². The van der Waals surface area contributed by atoms with Gasteiger partial charge in [-0.1, -0.05) is 121 Å². The molecule has 2 heteroatoms. The molecule has 0 N–H and O–H groups in total. The molecule has 0 saturated carbocycles. The highest BCUT2D eigenvalue weighted by Crippen LogP contribution is 2.49. The summed E-state index contributed by atoms with van der Waals surface area (Å²) in [6.45, 7) is 0. The summed E-state index contributed by atoms with van der Waals surface area (Å²) in [4.78, 5) is 0. The van der Waals surface area contributed by atoms with E-state index in [2.05, 4.69) is 156 Å². The Kier molecular flexibility index (Phi) is 5.31. The van der Waals surface area contributed by atoms with E-state index in [0.29, 0.717) is 0 Å². The molecule has 0 spiro atoms. The van der Waals surface area contributed by atoms with Crippen molar-refractivity contribution in [3.8, 4) is 50.6 Å². The zero-order valence-electron chi connectivity index (χ0n) is 24.9. The molecule has 2 nitrogen and oxygen atoms in total. The number of rotatable bonds is 3. The van der Waals surface area contributed by atoms with Gasteiger partial charge in [-0.2, -0.15) is 0 Å². The van der Waals surface area contributed by atoms with Crippen LogP contribution in [0.3, 0.4) is 0 Å². The number of benzene rings is 8. The quantitative estimate of drug-likeness (QED) is 0.201. The minimum Gasteiger partial charge on any atom is -0.456 e. The SMILES string of the molecule is c1cc(-c2ccccc2-c2ccc3c4c(cccc24)-c2ccccc2O3)cc(-n2c3ccccc3c3cc4ccccc4cc32)c1. The summed E-state index contributed by atoms with van der Waals surface area (Å²) in [5.41, 5.74) is 10.7. The van der Waals surface area contributed by atoms with Crippen LogP contribution in [0.1, 0.15) is 0 Å². The number of nitrogens with zero attached hydrogens (tertiary/aromatic N) is 1. The van der Waals surface area contributed by atoms with Crippen molar-refractivity contribution in [2.75, 3.05) is 0 Å². The topological polar surface area (TPSA) is 14.2 Å². The lowest BCUT2D eigenvalue weighted by atomic mass is 9.88. The third-order valence-corrected chi connectivity index (χ3v) is 9.57. The van der Waals surface area contributed by atoms with Gasteiger partial charge in [-0.15, -0.1) is 0 Å². The number of aromatic nitrogens is 1. The summed E-state index contributed by atoms with van der Waals surface area (Å²) >= 11 is 0. The van der Waals surface area contributed by atoms with E-state index in [0.717, 1.165) is 22.7 Å². The highest BCUT2D eigenvalue weighted by Gasteiger charge is 2.22. The molecular formula is C44H27NO. The summed E-state index contributed by atoms with van der Waals surface area (Å²) in [5.74, 6) is 1.82. The first-order valence-electron chi connectivity index (χ1n) is 15.8. The Hall–Kier alpha value is -6.12. The van der Waals surface area contributed by atoms with Gasteiger partial charge < -0.3 is 9.30 Å². The molecule has 0 bridgehead atoms. The molecule has 46 heavy (non-hydrogen) atoms. The third kappa shape index (κ3) is 3.65. The maximum atomic E-state index is 6.41. The molecule has 0 radical (unpaired) electrons. The number of ether oxygens (including phenoxy) is 1. The molecule has 1 aliphatic rings. The molecule has 214 valence electrons. The number of hydrogen-bond donors (Lipinski definition) is 0. The van der Waals surface area contributed by atoms with Crippen molar-refractivity contribution in [3.63, 3.8) is 0 Å². The number of fused-ring (bicyclic) bond motifs is 6. The van der Waals surface area contributed by atoms with Crippen molar-refractivity contribution in [3.05, 3.63) is 164 Å². The standard InChI is InChI=1S/C44H27NO/c1-2-12-29-27-41-39(26-28(29)11-1)35-17-5-7-21-40(35)45(41)31-14-9-13-30(25-31)32-15-3-4-16-33(32)34-23-24-43-44-37(34)19-10-20-38(44)36-18-6-8-22-42(36)46-43/h1-27H. The normalized spacial score (nSPS) is 12.1. The third-order valence-electron chi connectivity index (χ3n) is 9.57. The molecule has 10 rings (SSSR count). The average molecular weight is 586 g/mol. The van der Waals surface area contributed by atoms with Gasteiger partial charge in [0.05, 0.1) is 11.0 Å². The van der Waals surface area contributed by atoms with Crippen LogP contribution in [0.2, 0.25) is 0 Å². The second-order valence-electron chi connectivity index (χ2n) is 12.1. The molecule has 0 fully saturated rings. The maximum absolute atomic E-state index is 6.41. The van der Waals surface area contributed by atoms with Gasteiger partial charge >= 0.3 is 0 Å². The molecule has 1 aromatic heterocycles. The minimum absolute atomic E-state index is 0.908. The Morgan fingerprint density at radius 1 is 0.370 bits per heavy atom. The van der Waals surface area contributed by atoms with E-state index in [1.807, 2.05) is 12.1 Å². The summed E-state index contributed by atoms with van der Waals surface area (Å²) in [5, 5.41) is 7.40. The second kappa shape index (κ2) is 9.69. The van der Waals surface area contributed by atoms with Gasteiger partial charge in [0, 0.05) is 27.4 Å². The smallest absolute Gasteiger partial charge is 0.135 e. The first-order chi connectivity index (χ1) is 22.8. The summed E-state index contributed by atoms with van der Waals surface area (Å²) in [6, 6.07) is 59.1. The Bertz CT molecular complexity index is 2680. The molecule has 2 heterocycles. The van der Waals surface area contributed by atoms with Gasteiger partial charge in [-0.05, 0) is 86.4 Å². The van der Waals surface area contributed by atoms with Crippen LogP contribution in [0.25, 0.3) is 82.4 Å². The van der Waals surface area contributed by atoms with Crippen LogP contribution in [-0.2, 0) is 0 Å². The predicted molar refractivity (Wildman–Crippen MR) is 192 cm³/mol. The van der Waals surface area contributed by atoms with Crippen LogP contribution in [0, 0.1) is 0 Å². The summed E-state index contributed by atoms with van der Waals surface area (Å²) < 4.78 is 8.82. The summed E-state index contributed by atoms with van der Waals surface area (Å²) in [6.07, 6.45) is 0. The maximum Gasteiger partial charge on any atom is 0.135 e. The molecule has 0 aliphatic carbocycles. The van der Waals surface area contributed by atoms with Crippen molar-refractivity contribution < 1.29 is 4.74 Å². The van der Waals surface area contributed by atoms with E-state index >= 15 is 0 Å². The van der Waals surface area contributed by atoms with Crippen LogP contribution in [0.15, 0.2) is 164 Å². The van der Waals surface area contributed by atoms with Gasteiger partial charge in [0.2, 0.25) is 0 Å². The van der Waals surface area contributed by atoms with Crippen molar-refractivity contribution in [2.45, 2.75) is 0 Å². The monoisotopic (exact) mass is 585 g/mol. The van der Waals surface area contributed by atoms with Crippen molar-refractivity contribution in [1.29, 1.82) is 0 Å². The van der Waals surface area contributed by atoms with Crippen LogP contribution in [-0.4, -0.2) is 4.57 Å². The lowest BCUT2D eigenvalue weighted by Crippen LogP contribution is -1.98. The Morgan fingerprint density at radius 2 is 1.07 bits per heavy atom. The van der Waals surface area contributed by atoms with Crippen molar-refractivity contribution >= 4 is 43.4 Å². The van der Waals surface area contributed by atoms with Gasteiger partial charge in [0.1, 0.15) is 11.5 Å². The molecular weight excluding hydrogens is 558 g/mol. The molecule has 0 atom stereocenters.